The Balaban J connectivity index is 1.38. The quantitative estimate of drug-likeness (QED) is 0.414. The van der Waals surface area contributed by atoms with Crippen molar-refractivity contribution in [3.8, 4) is 22.6 Å². The van der Waals surface area contributed by atoms with E-state index in [9.17, 15) is 0 Å². The molecule has 33 heavy (non-hydrogen) atoms. The Morgan fingerprint density at radius 2 is 1.91 bits per heavy atom. The van der Waals surface area contributed by atoms with Gasteiger partial charge in [-0.1, -0.05) is 62.9 Å². The molecule has 0 saturated heterocycles. The number of hydrogen-bond donors (Lipinski definition) is 1. The number of nitrogens with one attached hydrogen (secondary N) is 1. The van der Waals surface area contributed by atoms with Crippen molar-refractivity contribution in [1.82, 2.24) is 40.4 Å². The van der Waals surface area contributed by atoms with Gasteiger partial charge < -0.3 is 0 Å². The predicted octanol–water partition coefficient (Wildman–Crippen LogP) is 4.96. The maximum Gasteiger partial charge on any atom is 0.198 e. The van der Waals surface area contributed by atoms with E-state index in [4.69, 9.17) is 10.1 Å². The molecule has 3 heterocycles. The first-order valence-electron chi connectivity index (χ1n) is 12.0. The molecule has 1 fully saturated rings. The molecule has 3 aromatic heterocycles. The number of benzene rings is 1. The van der Waals surface area contributed by atoms with Crippen LogP contribution in [0.4, 0.5) is 0 Å². The molecule has 4 aromatic rings. The van der Waals surface area contributed by atoms with Crippen molar-refractivity contribution < 1.29 is 0 Å². The van der Waals surface area contributed by atoms with Crippen LogP contribution >= 0.6 is 0 Å². The van der Waals surface area contributed by atoms with Crippen molar-refractivity contribution in [1.29, 1.82) is 0 Å². The largest absolute Gasteiger partial charge is 0.252 e. The summed E-state index contributed by atoms with van der Waals surface area (Å²) in [4.78, 5) is 9.47. The Hall–Kier alpha value is -3.42. The Labute approximate surface area is 193 Å². The number of aromatic amines is 1. The molecule has 0 spiro atoms. The lowest BCUT2D eigenvalue weighted by Gasteiger charge is -2.18. The second kappa shape index (κ2) is 10.0. The Kier molecular flexibility index (Phi) is 6.51. The lowest BCUT2D eigenvalue weighted by Crippen LogP contribution is -2.09. The van der Waals surface area contributed by atoms with Crippen LogP contribution in [0.25, 0.3) is 22.6 Å². The zero-order chi connectivity index (χ0) is 22.5. The maximum atomic E-state index is 4.99. The first kappa shape index (κ1) is 21.4. The van der Waals surface area contributed by atoms with Gasteiger partial charge in [-0.25, -0.2) is 14.8 Å². The van der Waals surface area contributed by atoms with Gasteiger partial charge in [0.15, 0.2) is 11.6 Å². The van der Waals surface area contributed by atoms with Crippen LogP contribution in [0.3, 0.4) is 0 Å². The van der Waals surface area contributed by atoms with Crippen molar-refractivity contribution in [2.45, 2.75) is 70.8 Å². The highest BCUT2D eigenvalue weighted by Gasteiger charge is 2.21. The van der Waals surface area contributed by atoms with Crippen molar-refractivity contribution in [3.05, 3.63) is 59.8 Å². The van der Waals surface area contributed by atoms with Gasteiger partial charge in [-0.15, -0.1) is 5.10 Å². The number of aromatic nitrogens is 8. The summed E-state index contributed by atoms with van der Waals surface area (Å²) in [6.45, 7) is 2.97. The summed E-state index contributed by atoms with van der Waals surface area (Å²) in [6.07, 6.45) is 11.4. The van der Waals surface area contributed by atoms with Crippen molar-refractivity contribution in [2.24, 2.45) is 0 Å². The van der Waals surface area contributed by atoms with Gasteiger partial charge in [-0.05, 0) is 46.9 Å². The Morgan fingerprint density at radius 3 is 2.67 bits per heavy atom. The minimum absolute atomic E-state index is 0.525. The van der Waals surface area contributed by atoms with E-state index in [1.807, 2.05) is 12.1 Å². The van der Waals surface area contributed by atoms with E-state index >= 15 is 0 Å². The summed E-state index contributed by atoms with van der Waals surface area (Å²) in [5.74, 6) is 3.26. The van der Waals surface area contributed by atoms with Gasteiger partial charge in [-0.3, -0.25) is 4.98 Å². The van der Waals surface area contributed by atoms with Crippen LogP contribution < -0.4 is 0 Å². The fourth-order valence-corrected chi connectivity index (χ4v) is 4.62. The Bertz CT molecular complexity index is 1160. The van der Waals surface area contributed by atoms with E-state index in [2.05, 4.69) is 61.5 Å². The summed E-state index contributed by atoms with van der Waals surface area (Å²) in [5.41, 5.74) is 4.02. The molecule has 1 aliphatic carbocycles. The number of tetrazole rings is 1. The van der Waals surface area contributed by atoms with Crippen molar-refractivity contribution in [3.63, 3.8) is 0 Å². The molecule has 1 N–H and O–H groups in total. The molecule has 8 nitrogen and oxygen atoms in total. The van der Waals surface area contributed by atoms with Gasteiger partial charge in [0.2, 0.25) is 0 Å². The number of unbranched alkanes of at least 4 members (excludes halogenated alkanes) is 1. The number of rotatable bonds is 8. The average Bonchev–Trinajstić information content (AvgIpc) is 3.54. The number of pyridine rings is 1. The summed E-state index contributed by atoms with van der Waals surface area (Å²) in [5, 5.41) is 19.2. The molecule has 0 bridgehead atoms. The molecule has 8 heteroatoms. The first-order valence-corrected chi connectivity index (χ1v) is 12.0. The van der Waals surface area contributed by atoms with Crippen LogP contribution in [-0.2, 0) is 13.0 Å². The smallest absolute Gasteiger partial charge is 0.198 e. The van der Waals surface area contributed by atoms with E-state index in [-0.39, 0.29) is 0 Å². The van der Waals surface area contributed by atoms with Crippen LogP contribution in [0.15, 0.2) is 42.6 Å². The summed E-state index contributed by atoms with van der Waals surface area (Å²) in [7, 11) is 0. The predicted molar refractivity (Wildman–Crippen MR) is 126 cm³/mol. The molecular weight excluding hydrogens is 412 g/mol. The number of H-pyrrole nitrogens is 1. The molecule has 0 amide bonds. The van der Waals surface area contributed by atoms with E-state index < -0.39 is 0 Å². The van der Waals surface area contributed by atoms with Gasteiger partial charge in [0.1, 0.15) is 11.5 Å². The van der Waals surface area contributed by atoms with Gasteiger partial charge >= 0.3 is 0 Å². The molecule has 0 radical (unpaired) electrons. The average molecular weight is 443 g/mol. The molecule has 0 unspecified atom stereocenters. The van der Waals surface area contributed by atoms with E-state index in [1.54, 1.807) is 6.20 Å². The van der Waals surface area contributed by atoms with Crippen molar-refractivity contribution in [2.75, 3.05) is 0 Å². The lowest BCUT2D eigenvalue weighted by atomic mass is 9.89. The third-order valence-electron chi connectivity index (χ3n) is 6.46. The summed E-state index contributed by atoms with van der Waals surface area (Å²) in [6, 6.07) is 12.6. The van der Waals surface area contributed by atoms with E-state index in [0.29, 0.717) is 11.7 Å². The fourth-order valence-electron chi connectivity index (χ4n) is 4.62. The topological polar surface area (TPSA) is 98.1 Å². The highest BCUT2D eigenvalue weighted by molar-refractivity contribution is 5.77. The van der Waals surface area contributed by atoms with Gasteiger partial charge in [0, 0.05) is 24.1 Å². The molecule has 1 aromatic carbocycles. The fraction of sp³-hybridized carbons (Fsp3) is 0.440. The third-order valence-corrected chi connectivity index (χ3v) is 6.46. The van der Waals surface area contributed by atoms with Crippen LogP contribution in [0.1, 0.15) is 75.0 Å². The molecule has 1 saturated carbocycles. The standard InChI is InChI=1S/C25H30N8/c1-2-3-11-22-27-24(20-8-5-4-6-9-20)30-33(22)17-18-12-14-19(15-13-18)21-10-7-16-26-23(21)25-28-31-32-29-25/h7,10,12-16,20H,2-6,8-9,11,17H2,1H3,(H,28,29,31,32). The molecule has 170 valence electrons. The minimum Gasteiger partial charge on any atom is -0.252 e. The lowest BCUT2D eigenvalue weighted by molar-refractivity contribution is 0.426. The minimum atomic E-state index is 0.525. The Morgan fingerprint density at radius 1 is 1.06 bits per heavy atom. The van der Waals surface area contributed by atoms with Gasteiger partial charge in [-0.2, -0.15) is 5.10 Å². The molecule has 0 atom stereocenters. The zero-order valence-electron chi connectivity index (χ0n) is 19.1. The van der Waals surface area contributed by atoms with E-state index in [1.165, 1.54) is 37.7 Å². The van der Waals surface area contributed by atoms with E-state index in [0.717, 1.165) is 54.3 Å². The number of aryl methyl sites for hydroxylation is 1. The monoisotopic (exact) mass is 442 g/mol. The molecule has 1 aliphatic rings. The van der Waals surface area contributed by atoms with Gasteiger partial charge in [0.05, 0.1) is 6.54 Å². The van der Waals surface area contributed by atoms with Crippen LogP contribution in [0, 0.1) is 0 Å². The van der Waals surface area contributed by atoms with Gasteiger partial charge in [0.25, 0.3) is 0 Å². The maximum absolute atomic E-state index is 4.99. The zero-order valence-corrected chi connectivity index (χ0v) is 19.1. The van der Waals surface area contributed by atoms with Crippen LogP contribution in [0.2, 0.25) is 0 Å². The highest BCUT2D eigenvalue weighted by Crippen LogP contribution is 2.31. The number of hydrogen-bond acceptors (Lipinski definition) is 6. The first-order chi connectivity index (χ1) is 16.3. The third kappa shape index (κ3) is 4.84. The summed E-state index contributed by atoms with van der Waals surface area (Å²) < 4.78 is 2.13. The molecule has 5 rings (SSSR count). The highest BCUT2D eigenvalue weighted by atomic mass is 15.5. The second-order valence-electron chi connectivity index (χ2n) is 8.83. The van der Waals surface area contributed by atoms with Crippen LogP contribution in [-0.4, -0.2) is 40.4 Å². The summed E-state index contributed by atoms with van der Waals surface area (Å²) >= 11 is 0. The number of nitrogens with zero attached hydrogens (tertiary/aromatic N) is 7. The SMILES string of the molecule is CCCCc1nc(C2CCCCC2)nn1Cc1ccc(-c2cccnc2-c2nnn[nH]2)cc1. The molecular formula is C25H30N8. The second-order valence-corrected chi connectivity index (χ2v) is 8.83. The van der Waals surface area contributed by atoms with Crippen molar-refractivity contribution >= 4 is 0 Å². The normalized spacial score (nSPS) is 14.6. The van der Waals surface area contributed by atoms with Crippen LogP contribution in [0.5, 0.6) is 0 Å². The molecule has 0 aliphatic heterocycles.